The van der Waals surface area contributed by atoms with E-state index in [1.165, 1.54) is 36.8 Å². The number of nitrogens with zero attached hydrogens (tertiary/aromatic N) is 1. The van der Waals surface area contributed by atoms with Gasteiger partial charge in [0.25, 0.3) is 0 Å². The Balaban J connectivity index is 1.62. The number of unbranched alkanes of at least 4 members (excludes halogenated alkanes) is 2. The summed E-state index contributed by atoms with van der Waals surface area (Å²) in [5, 5.41) is 3.47. The minimum atomic E-state index is 0.534. The van der Waals surface area contributed by atoms with Gasteiger partial charge in [-0.1, -0.05) is 68.7 Å². The van der Waals surface area contributed by atoms with Crippen LogP contribution in [0.1, 0.15) is 49.8 Å². The number of ether oxygens (including phenoxy) is 1. The second kappa shape index (κ2) is 10.3. The monoisotopic (exact) mass is 352 g/mol. The standard InChI is InChI=1S/C23H32N2O/c1-2-3-5-10-23(25-17-15-24-16-18-25)21-11-13-22(14-12-21)26-19-20-8-6-4-7-9-20/h4,6-9,11-14,23-24H,2-3,5,10,15-19H2,1H3/t23-/m0/s1. The van der Waals surface area contributed by atoms with Crippen molar-refractivity contribution in [3.63, 3.8) is 0 Å². The van der Waals surface area contributed by atoms with Gasteiger partial charge in [0, 0.05) is 32.2 Å². The van der Waals surface area contributed by atoms with E-state index in [1.54, 1.807) is 0 Å². The van der Waals surface area contributed by atoms with Gasteiger partial charge in [-0.25, -0.2) is 0 Å². The second-order valence-corrected chi connectivity index (χ2v) is 7.14. The van der Waals surface area contributed by atoms with E-state index in [0.29, 0.717) is 12.6 Å². The zero-order valence-corrected chi connectivity index (χ0v) is 16.0. The van der Waals surface area contributed by atoms with Gasteiger partial charge in [0.2, 0.25) is 0 Å². The van der Waals surface area contributed by atoms with E-state index in [2.05, 4.69) is 65.7 Å². The summed E-state index contributed by atoms with van der Waals surface area (Å²) in [6.07, 6.45) is 5.15. The van der Waals surface area contributed by atoms with Crippen LogP contribution in [0.5, 0.6) is 5.75 Å². The molecule has 1 aliphatic heterocycles. The van der Waals surface area contributed by atoms with Gasteiger partial charge in [0.05, 0.1) is 0 Å². The van der Waals surface area contributed by atoms with Gasteiger partial charge in [-0.3, -0.25) is 4.90 Å². The van der Waals surface area contributed by atoms with Crippen LogP contribution >= 0.6 is 0 Å². The Morgan fingerprint density at radius 3 is 2.38 bits per heavy atom. The first-order chi connectivity index (χ1) is 12.9. The predicted molar refractivity (Wildman–Crippen MR) is 109 cm³/mol. The van der Waals surface area contributed by atoms with Gasteiger partial charge in [-0.05, 0) is 29.7 Å². The molecular formula is C23H32N2O. The lowest BCUT2D eigenvalue weighted by molar-refractivity contribution is 0.162. The topological polar surface area (TPSA) is 24.5 Å². The number of hydrogen-bond acceptors (Lipinski definition) is 3. The Bertz CT molecular complexity index is 620. The van der Waals surface area contributed by atoms with Gasteiger partial charge >= 0.3 is 0 Å². The Hall–Kier alpha value is -1.84. The van der Waals surface area contributed by atoms with E-state index in [1.807, 2.05) is 6.07 Å². The lowest BCUT2D eigenvalue weighted by atomic mass is 9.98. The minimum absolute atomic E-state index is 0.534. The van der Waals surface area contributed by atoms with E-state index in [-0.39, 0.29) is 0 Å². The SMILES string of the molecule is CCCCC[C@@H](c1ccc(OCc2ccccc2)cc1)N1CCNCC1. The van der Waals surface area contributed by atoms with Gasteiger partial charge in [-0.2, -0.15) is 0 Å². The molecule has 0 bridgehead atoms. The molecule has 0 saturated carbocycles. The second-order valence-electron chi connectivity index (χ2n) is 7.14. The average Bonchev–Trinajstić information content (AvgIpc) is 2.72. The molecule has 1 atom stereocenters. The maximum atomic E-state index is 5.95. The third-order valence-corrected chi connectivity index (χ3v) is 5.19. The van der Waals surface area contributed by atoms with Crippen molar-refractivity contribution in [1.82, 2.24) is 10.2 Å². The Labute approximate surface area is 158 Å². The summed E-state index contributed by atoms with van der Waals surface area (Å²) in [7, 11) is 0. The van der Waals surface area contributed by atoms with Crippen LogP contribution in [0.25, 0.3) is 0 Å². The highest BCUT2D eigenvalue weighted by Gasteiger charge is 2.21. The van der Waals surface area contributed by atoms with Crippen molar-refractivity contribution < 1.29 is 4.74 Å². The molecule has 0 amide bonds. The number of rotatable bonds is 9. The van der Waals surface area contributed by atoms with Gasteiger partial charge in [-0.15, -0.1) is 0 Å². The molecule has 1 aliphatic rings. The Kier molecular flexibility index (Phi) is 7.53. The predicted octanol–water partition coefficient (Wildman–Crippen LogP) is 4.79. The lowest BCUT2D eigenvalue weighted by Gasteiger charge is -2.35. The molecule has 1 N–H and O–H groups in total. The zero-order chi connectivity index (χ0) is 18.0. The molecule has 1 saturated heterocycles. The van der Waals surface area contributed by atoms with Gasteiger partial charge in [0.15, 0.2) is 0 Å². The van der Waals surface area contributed by atoms with Crippen LogP contribution in [0.2, 0.25) is 0 Å². The van der Waals surface area contributed by atoms with Crippen LogP contribution in [0, 0.1) is 0 Å². The van der Waals surface area contributed by atoms with Crippen LogP contribution in [0.15, 0.2) is 54.6 Å². The molecule has 0 aromatic heterocycles. The zero-order valence-electron chi connectivity index (χ0n) is 16.0. The summed E-state index contributed by atoms with van der Waals surface area (Å²) in [6.45, 7) is 7.38. The number of nitrogens with one attached hydrogen (secondary N) is 1. The summed E-state index contributed by atoms with van der Waals surface area (Å²) in [6, 6.07) is 19.7. The molecule has 1 heterocycles. The van der Waals surface area contributed by atoms with E-state index < -0.39 is 0 Å². The normalized spacial score (nSPS) is 16.3. The largest absolute Gasteiger partial charge is 0.489 e. The van der Waals surface area contributed by atoms with E-state index in [9.17, 15) is 0 Å². The first-order valence-corrected chi connectivity index (χ1v) is 10.1. The molecule has 3 nitrogen and oxygen atoms in total. The molecule has 3 heteroatoms. The number of hydrogen-bond donors (Lipinski definition) is 1. The Morgan fingerprint density at radius 1 is 0.962 bits per heavy atom. The minimum Gasteiger partial charge on any atom is -0.489 e. The van der Waals surface area contributed by atoms with E-state index >= 15 is 0 Å². The van der Waals surface area contributed by atoms with E-state index in [0.717, 1.165) is 31.9 Å². The van der Waals surface area contributed by atoms with Crippen LogP contribution in [0.3, 0.4) is 0 Å². The van der Waals surface area contributed by atoms with E-state index in [4.69, 9.17) is 4.74 Å². The van der Waals surface area contributed by atoms with Crippen LogP contribution < -0.4 is 10.1 Å². The van der Waals surface area contributed by atoms with Crippen molar-refractivity contribution in [3.05, 3.63) is 65.7 Å². The number of benzene rings is 2. The third-order valence-electron chi connectivity index (χ3n) is 5.19. The smallest absolute Gasteiger partial charge is 0.119 e. The van der Waals surface area contributed by atoms with Crippen LogP contribution in [0.4, 0.5) is 0 Å². The molecule has 0 radical (unpaired) electrons. The van der Waals surface area contributed by atoms with Crippen molar-refractivity contribution in [1.29, 1.82) is 0 Å². The van der Waals surface area contributed by atoms with Crippen LogP contribution in [-0.2, 0) is 6.61 Å². The maximum Gasteiger partial charge on any atom is 0.119 e. The summed E-state index contributed by atoms with van der Waals surface area (Å²) in [5.41, 5.74) is 2.63. The quantitative estimate of drug-likeness (QED) is 0.657. The summed E-state index contributed by atoms with van der Waals surface area (Å²) < 4.78 is 5.95. The highest BCUT2D eigenvalue weighted by Crippen LogP contribution is 2.28. The molecule has 0 unspecified atom stereocenters. The fourth-order valence-electron chi connectivity index (χ4n) is 3.67. The third kappa shape index (κ3) is 5.58. The van der Waals surface area contributed by atoms with Crippen LogP contribution in [-0.4, -0.2) is 31.1 Å². The van der Waals surface area contributed by atoms with Gasteiger partial charge < -0.3 is 10.1 Å². The van der Waals surface area contributed by atoms with Crippen molar-refractivity contribution in [3.8, 4) is 5.75 Å². The summed E-state index contributed by atoms with van der Waals surface area (Å²) >= 11 is 0. The molecule has 26 heavy (non-hydrogen) atoms. The maximum absolute atomic E-state index is 5.95. The van der Waals surface area contributed by atoms with Crippen molar-refractivity contribution in [2.45, 2.75) is 45.3 Å². The lowest BCUT2D eigenvalue weighted by Crippen LogP contribution is -2.45. The summed E-state index contributed by atoms with van der Waals surface area (Å²) in [5.74, 6) is 0.949. The fourth-order valence-corrected chi connectivity index (χ4v) is 3.67. The van der Waals surface area contributed by atoms with Gasteiger partial charge in [0.1, 0.15) is 12.4 Å². The fraction of sp³-hybridized carbons (Fsp3) is 0.478. The van der Waals surface area contributed by atoms with Crippen molar-refractivity contribution in [2.75, 3.05) is 26.2 Å². The number of piperazine rings is 1. The average molecular weight is 353 g/mol. The summed E-state index contributed by atoms with van der Waals surface area (Å²) in [4.78, 5) is 2.64. The molecule has 3 rings (SSSR count). The molecule has 0 aliphatic carbocycles. The molecular weight excluding hydrogens is 320 g/mol. The Morgan fingerprint density at radius 2 is 1.69 bits per heavy atom. The molecule has 1 fully saturated rings. The molecule has 2 aromatic rings. The first kappa shape index (κ1) is 18.9. The molecule has 2 aromatic carbocycles. The molecule has 140 valence electrons. The van der Waals surface area contributed by atoms with Crippen molar-refractivity contribution in [2.24, 2.45) is 0 Å². The molecule has 0 spiro atoms. The van der Waals surface area contributed by atoms with Crippen molar-refractivity contribution >= 4 is 0 Å². The first-order valence-electron chi connectivity index (χ1n) is 10.1. The highest BCUT2D eigenvalue weighted by atomic mass is 16.5. The highest BCUT2D eigenvalue weighted by molar-refractivity contribution is 5.30.